The van der Waals surface area contributed by atoms with Gasteiger partial charge < -0.3 is 14.8 Å². The Kier molecular flexibility index (Phi) is 4.02. The van der Waals surface area contributed by atoms with Gasteiger partial charge in [-0.3, -0.25) is 0 Å². The Hall–Kier alpha value is -2.07. The van der Waals surface area contributed by atoms with Crippen LogP contribution < -0.4 is 5.32 Å². The van der Waals surface area contributed by atoms with Gasteiger partial charge in [0.25, 0.3) is 0 Å². The second-order valence-corrected chi connectivity index (χ2v) is 4.58. The van der Waals surface area contributed by atoms with Crippen molar-refractivity contribution < 1.29 is 14.3 Å². The van der Waals surface area contributed by atoms with Crippen molar-refractivity contribution >= 4 is 5.97 Å². The first kappa shape index (κ1) is 13.4. The van der Waals surface area contributed by atoms with Crippen LogP contribution in [0.25, 0.3) is 0 Å². The molecule has 4 nitrogen and oxygen atoms in total. The minimum Gasteiger partial charge on any atom is -0.475 e. The van der Waals surface area contributed by atoms with Crippen molar-refractivity contribution in [3.8, 4) is 0 Å². The molecule has 0 aliphatic carbocycles. The number of rotatable bonds is 5. The average Bonchev–Trinajstić information content (AvgIpc) is 2.86. The van der Waals surface area contributed by atoms with Gasteiger partial charge in [-0.2, -0.15) is 0 Å². The monoisotopic (exact) mass is 259 g/mol. The molecule has 0 saturated carbocycles. The van der Waals surface area contributed by atoms with E-state index in [1.807, 2.05) is 0 Å². The molecule has 0 radical (unpaired) electrons. The maximum atomic E-state index is 10.7. The Bertz CT molecular complexity index is 557. The number of hydrogen-bond donors (Lipinski definition) is 2. The molecule has 100 valence electrons. The van der Waals surface area contributed by atoms with Gasteiger partial charge in [-0.25, -0.2) is 4.79 Å². The van der Waals surface area contributed by atoms with Crippen molar-refractivity contribution in [3.63, 3.8) is 0 Å². The van der Waals surface area contributed by atoms with Crippen LogP contribution in [0, 0.1) is 6.92 Å². The third-order valence-corrected chi connectivity index (χ3v) is 3.03. The minimum atomic E-state index is -1.04. The lowest BCUT2D eigenvalue weighted by atomic mass is 10.1. The predicted octanol–water partition coefficient (Wildman–Crippen LogP) is 3.14. The molecule has 0 fully saturated rings. The first-order valence-corrected chi connectivity index (χ1v) is 6.18. The molecule has 1 aromatic heterocycles. The Morgan fingerprint density at radius 2 is 1.95 bits per heavy atom. The van der Waals surface area contributed by atoms with Gasteiger partial charge >= 0.3 is 5.97 Å². The maximum absolute atomic E-state index is 10.7. The van der Waals surface area contributed by atoms with Crippen molar-refractivity contribution in [2.24, 2.45) is 0 Å². The number of nitrogens with one attached hydrogen (secondary N) is 1. The van der Waals surface area contributed by atoms with Crippen LogP contribution in [0.1, 0.15) is 40.4 Å². The van der Waals surface area contributed by atoms with Crippen LogP contribution in [0.15, 0.2) is 40.8 Å². The summed E-state index contributed by atoms with van der Waals surface area (Å²) in [5.41, 5.74) is 2.42. The van der Waals surface area contributed by atoms with Crippen molar-refractivity contribution in [1.29, 1.82) is 0 Å². The summed E-state index contributed by atoms with van der Waals surface area (Å²) < 4.78 is 5.19. The molecule has 2 aromatic rings. The van der Waals surface area contributed by atoms with Gasteiger partial charge in [0, 0.05) is 6.04 Å². The normalized spacial score (nSPS) is 12.3. The predicted molar refractivity (Wildman–Crippen MR) is 72.1 cm³/mol. The summed E-state index contributed by atoms with van der Waals surface area (Å²) in [4.78, 5) is 10.7. The van der Waals surface area contributed by atoms with Gasteiger partial charge in [0.15, 0.2) is 0 Å². The SMILES string of the molecule is Cc1ccc([C@H](C)NCc2ccc(C(=O)O)o2)cc1. The lowest BCUT2D eigenvalue weighted by molar-refractivity contribution is 0.0660. The summed E-state index contributed by atoms with van der Waals surface area (Å²) in [6.07, 6.45) is 0. The molecular formula is C15H17NO3. The highest BCUT2D eigenvalue weighted by Crippen LogP contribution is 2.15. The van der Waals surface area contributed by atoms with E-state index >= 15 is 0 Å². The molecule has 0 unspecified atom stereocenters. The highest BCUT2D eigenvalue weighted by molar-refractivity contribution is 5.84. The van der Waals surface area contributed by atoms with Crippen LogP contribution >= 0.6 is 0 Å². The van der Waals surface area contributed by atoms with E-state index in [1.54, 1.807) is 6.07 Å². The molecule has 1 aromatic carbocycles. The molecule has 19 heavy (non-hydrogen) atoms. The summed E-state index contributed by atoms with van der Waals surface area (Å²) in [5, 5.41) is 12.1. The molecule has 2 rings (SSSR count). The molecule has 0 saturated heterocycles. The Morgan fingerprint density at radius 1 is 1.26 bits per heavy atom. The number of carbonyl (C=O) groups is 1. The Morgan fingerprint density at radius 3 is 2.53 bits per heavy atom. The molecule has 0 spiro atoms. The van der Waals surface area contributed by atoms with E-state index in [1.165, 1.54) is 17.2 Å². The van der Waals surface area contributed by atoms with E-state index in [-0.39, 0.29) is 11.8 Å². The summed E-state index contributed by atoms with van der Waals surface area (Å²) in [6, 6.07) is 11.6. The van der Waals surface area contributed by atoms with Crippen LogP contribution in [0.3, 0.4) is 0 Å². The quantitative estimate of drug-likeness (QED) is 0.866. The lowest BCUT2D eigenvalue weighted by Gasteiger charge is -2.13. The molecule has 1 heterocycles. The molecule has 1 atom stereocenters. The topological polar surface area (TPSA) is 62.5 Å². The van der Waals surface area contributed by atoms with E-state index in [0.29, 0.717) is 12.3 Å². The highest BCUT2D eigenvalue weighted by Gasteiger charge is 2.10. The average molecular weight is 259 g/mol. The van der Waals surface area contributed by atoms with E-state index in [9.17, 15) is 4.79 Å². The number of furan rings is 1. The van der Waals surface area contributed by atoms with Crippen LogP contribution in [-0.4, -0.2) is 11.1 Å². The molecular weight excluding hydrogens is 242 g/mol. The van der Waals surface area contributed by atoms with Crippen molar-refractivity contribution in [1.82, 2.24) is 5.32 Å². The summed E-state index contributed by atoms with van der Waals surface area (Å²) in [6.45, 7) is 4.62. The van der Waals surface area contributed by atoms with Gasteiger partial charge in [0.05, 0.1) is 6.54 Å². The van der Waals surface area contributed by atoms with Gasteiger partial charge in [0.2, 0.25) is 5.76 Å². The third kappa shape index (κ3) is 3.45. The van der Waals surface area contributed by atoms with Crippen molar-refractivity contribution in [3.05, 3.63) is 59.0 Å². The molecule has 0 bridgehead atoms. The van der Waals surface area contributed by atoms with E-state index in [0.717, 1.165) is 0 Å². The van der Waals surface area contributed by atoms with Crippen LogP contribution in [-0.2, 0) is 6.54 Å². The fourth-order valence-corrected chi connectivity index (χ4v) is 1.81. The van der Waals surface area contributed by atoms with Gasteiger partial charge in [-0.15, -0.1) is 0 Å². The zero-order valence-electron chi connectivity index (χ0n) is 11.0. The van der Waals surface area contributed by atoms with Crippen LogP contribution in [0.2, 0.25) is 0 Å². The lowest BCUT2D eigenvalue weighted by Crippen LogP contribution is -2.17. The largest absolute Gasteiger partial charge is 0.475 e. The van der Waals surface area contributed by atoms with E-state index in [2.05, 4.69) is 43.4 Å². The Labute approximate surface area is 112 Å². The summed E-state index contributed by atoms with van der Waals surface area (Å²) in [5.74, 6) is -0.450. The van der Waals surface area contributed by atoms with Gasteiger partial charge in [-0.1, -0.05) is 29.8 Å². The standard InChI is InChI=1S/C15H17NO3/c1-10-3-5-12(6-4-10)11(2)16-9-13-7-8-14(19-13)15(17)18/h3-8,11,16H,9H2,1-2H3,(H,17,18)/t11-/m0/s1. The summed E-state index contributed by atoms with van der Waals surface area (Å²) >= 11 is 0. The number of hydrogen-bond acceptors (Lipinski definition) is 3. The first-order chi connectivity index (χ1) is 9.06. The van der Waals surface area contributed by atoms with E-state index in [4.69, 9.17) is 9.52 Å². The minimum absolute atomic E-state index is 0.0280. The number of carboxylic acids is 1. The fourth-order valence-electron chi connectivity index (χ4n) is 1.81. The number of carboxylic acid groups (broad SMARTS) is 1. The van der Waals surface area contributed by atoms with Crippen LogP contribution in [0.5, 0.6) is 0 Å². The smallest absolute Gasteiger partial charge is 0.371 e. The van der Waals surface area contributed by atoms with E-state index < -0.39 is 5.97 Å². The zero-order chi connectivity index (χ0) is 13.8. The van der Waals surface area contributed by atoms with Gasteiger partial charge in [0.1, 0.15) is 5.76 Å². The van der Waals surface area contributed by atoms with Gasteiger partial charge in [-0.05, 0) is 31.5 Å². The molecule has 0 aliphatic heterocycles. The third-order valence-electron chi connectivity index (χ3n) is 3.03. The molecule has 0 aliphatic rings. The number of benzene rings is 1. The highest BCUT2D eigenvalue weighted by atomic mass is 16.4. The second kappa shape index (κ2) is 5.71. The molecule has 4 heteroatoms. The fraction of sp³-hybridized carbons (Fsp3) is 0.267. The number of aryl methyl sites for hydroxylation is 1. The second-order valence-electron chi connectivity index (χ2n) is 4.58. The molecule has 2 N–H and O–H groups in total. The first-order valence-electron chi connectivity index (χ1n) is 6.18. The zero-order valence-corrected chi connectivity index (χ0v) is 11.0. The molecule has 0 amide bonds. The van der Waals surface area contributed by atoms with Crippen molar-refractivity contribution in [2.45, 2.75) is 26.4 Å². The van der Waals surface area contributed by atoms with Crippen molar-refractivity contribution in [2.75, 3.05) is 0 Å². The number of aromatic carboxylic acids is 1. The van der Waals surface area contributed by atoms with Crippen LogP contribution in [0.4, 0.5) is 0 Å². The summed E-state index contributed by atoms with van der Waals surface area (Å²) in [7, 11) is 0. The Balaban J connectivity index is 1.94. The maximum Gasteiger partial charge on any atom is 0.371 e.